The van der Waals surface area contributed by atoms with Crippen molar-refractivity contribution in [2.24, 2.45) is 7.05 Å². The van der Waals surface area contributed by atoms with Crippen LogP contribution in [-0.4, -0.2) is 80.4 Å². The van der Waals surface area contributed by atoms with E-state index in [9.17, 15) is 5.11 Å². The Morgan fingerprint density at radius 2 is 1.73 bits per heavy atom. The van der Waals surface area contributed by atoms with Gasteiger partial charge in [0.15, 0.2) is 6.35 Å². The van der Waals surface area contributed by atoms with E-state index in [-0.39, 0.29) is 0 Å². The molecule has 1 atom stereocenters. The lowest BCUT2D eigenvalue weighted by atomic mass is 10.1. The van der Waals surface area contributed by atoms with Crippen LogP contribution in [0, 0.1) is 6.92 Å². The van der Waals surface area contributed by atoms with Crippen molar-refractivity contribution in [3.63, 3.8) is 0 Å². The van der Waals surface area contributed by atoms with E-state index in [0.29, 0.717) is 11.8 Å². The van der Waals surface area contributed by atoms with E-state index in [1.165, 1.54) is 19.3 Å². The molecule has 3 aromatic rings. The molecular formula is C21H29N7O2. The highest BCUT2D eigenvalue weighted by atomic mass is 16.5. The highest BCUT2D eigenvalue weighted by Gasteiger charge is 2.29. The molecule has 2 fully saturated rings. The van der Waals surface area contributed by atoms with E-state index in [2.05, 4.69) is 42.1 Å². The van der Waals surface area contributed by atoms with Crippen molar-refractivity contribution in [2.45, 2.75) is 32.5 Å². The number of aryl methyl sites for hydroxylation is 2. The maximum Gasteiger partial charge on any atom is 0.324 e. The average molecular weight is 412 g/mol. The fourth-order valence-corrected chi connectivity index (χ4v) is 4.56. The van der Waals surface area contributed by atoms with Crippen LogP contribution < -0.4 is 4.90 Å². The molecule has 1 N–H and O–H groups in total. The van der Waals surface area contributed by atoms with Crippen LogP contribution in [0.1, 0.15) is 25.0 Å². The number of hydrogen-bond donors (Lipinski definition) is 1. The average Bonchev–Trinajstić information content (AvgIpc) is 3.39. The first-order valence-corrected chi connectivity index (χ1v) is 10.8. The lowest BCUT2D eigenvalue weighted by molar-refractivity contribution is -0.120. The second-order valence-corrected chi connectivity index (χ2v) is 8.31. The Balaban J connectivity index is 1.26. The lowest BCUT2D eigenvalue weighted by Gasteiger charge is -2.41. The maximum atomic E-state index is 10.7. The summed E-state index contributed by atoms with van der Waals surface area (Å²) in [6.07, 6.45) is 3.13. The van der Waals surface area contributed by atoms with Gasteiger partial charge in [-0.05, 0) is 25.8 Å². The van der Waals surface area contributed by atoms with Crippen molar-refractivity contribution < 1.29 is 9.63 Å². The molecule has 5 rings (SSSR count). The van der Waals surface area contributed by atoms with Crippen LogP contribution >= 0.6 is 0 Å². The topological polar surface area (TPSA) is 86.7 Å². The van der Waals surface area contributed by atoms with Crippen LogP contribution in [0.5, 0.6) is 0 Å². The molecule has 0 aliphatic carbocycles. The molecule has 30 heavy (non-hydrogen) atoms. The minimum Gasteiger partial charge on any atom is -0.365 e. The van der Waals surface area contributed by atoms with E-state index >= 15 is 0 Å². The smallest absolute Gasteiger partial charge is 0.324 e. The number of piperidine rings is 1. The SMILES string of the molecule is Cc1nn(C)c2cc(-c3noc(N4CCN(C(O)N5CCCCC5)CC4)n3)ccc12. The lowest BCUT2D eigenvalue weighted by Crippen LogP contribution is -2.57. The molecule has 1 aromatic carbocycles. The first-order valence-electron chi connectivity index (χ1n) is 10.8. The minimum absolute atomic E-state index is 0.486. The Bertz CT molecular complexity index is 1020. The zero-order valence-corrected chi connectivity index (χ0v) is 17.7. The molecule has 2 saturated heterocycles. The molecular weight excluding hydrogens is 382 g/mol. The molecule has 2 aliphatic heterocycles. The van der Waals surface area contributed by atoms with Crippen LogP contribution in [-0.2, 0) is 7.05 Å². The van der Waals surface area contributed by atoms with E-state index in [4.69, 9.17) is 4.52 Å². The second-order valence-electron chi connectivity index (χ2n) is 8.31. The van der Waals surface area contributed by atoms with Gasteiger partial charge in [-0.2, -0.15) is 10.1 Å². The zero-order valence-electron chi connectivity index (χ0n) is 17.7. The summed E-state index contributed by atoms with van der Waals surface area (Å²) in [6.45, 7) is 7.03. The van der Waals surface area contributed by atoms with Gasteiger partial charge < -0.3 is 14.5 Å². The minimum atomic E-state index is -0.486. The number of benzene rings is 1. The largest absolute Gasteiger partial charge is 0.365 e. The van der Waals surface area contributed by atoms with Crippen LogP contribution in [0.3, 0.4) is 0 Å². The monoisotopic (exact) mass is 411 g/mol. The third-order valence-corrected chi connectivity index (χ3v) is 6.34. The molecule has 2 aromatic heterocycles. The molecule has 4 heterocycles. The van der Waals surface area contributed by atoms with Gasteiger partial charge in [-0.3, -0.25) is 14.5 Å². The van der Waals surface area contributed by atoms with Gasteiger partial charge in [0, 0.05) is 57.3 Å². The molecule has 0 spiro atoms. The third-order valence-electron chi connectivity index (χ3n) is 6.34. The van der Waals surface area contributed by atoms with E-state index < -0.39 is 6.35 Å². The molecule has 2 aliphatic rings. The van der Waals surface area contributed by atoms with Crippen LogP contribution in [0.15, 0.2) is 22.7 Å². The predicted octanol–water partition coefficient (Wildman–Crippen LogP) is 1.82. The fraction of sp³-hybridized carbons (Fsp3) is 0.571. The van der Waals surface area contributed by atoms with Gasteiger partial charge in [-0.25, -0.2) is 0 Å². The Morgan fingerprint density at radius 3 is 2.50 bits per heavy atom. The van der Waals surface area contributed by atoms with Crippen LogP contribution in [0.4, 0.5) is 6.01 Å². The summed E-state index contributed by atoms with van der Waals surface area (Å²) < 4.78 is 7.45. The first kappa shape index (κ1) is 19.5. The number of likely N-dealkylation sites (tertiary alicyclic amines) is 1. The number of nitrogens with zero attached hydrogens (tertiary/aromatic N) is 7. The second kappa shape index (κ2) is 7.98. The standard InChI is InChI=1S/C21H29N7O2/c1-15-17-7-6-16(14-18(17)25(2)23-15)19-22-20(30-24-19)26-10-12-28(13-11-26)21(29)27-8-4-3-5-9-27/h6-7,14,21,29H,3-5,8-13H2,1-2H3. The molecule has 1 unspecified atom stereocenters. The summed E-state index contributed by atoms with van der Waals surface area (Å²) in [7, 11) is 1.94. The number of aliphatic hydroxyl groups excluding tert-OH is 1. The molecule has 160 valence electrons. The number of hydrogen-bond acceptors (Lipinski definition) is 8. The van der Waals surface area contributed by atoms with Gasteiger partial charge in [0.2, 0.25) is 5.82 Å². The Morgan fingerprint density at radius 1 is 1.00 bits per heavy atom. The molecule has 0 saturated carbocycles. The van der Waals surface area contributed by atoms with Crippen molar-refractivity contribution in [1.82, 2.24) is 29.7 Å². The summed E-state index contributed by atoms with van der Waals surface area (Å²) in [5.41, 5.74) is 2.98. The number of anilines is 1. The van der Waals surface area contributed by atoms with Gasteiger partial charge in [0.1, 0.15) is 0 Å². The Hall–Kier alpha value is -2.49. The maximum absolute atomic E-state index is 10.7. The Labute approximate surface area is 175 Å². The molecule has 0 radical (unpaired) electrons. The van der Waals surface area contributed by atoms with Crippen molar-refractivity contribution in [2.75, 3.05) is 44.2 Å². The highest BCUT2D eigenvalue weighted by Crippen LogP contribution is 2.26. The van der Waals surface area contributed by atoms with Crippen molar-refractivity contribution in [3.05, 3.63) is 23.9 Å². The quantitative estimate of drug-likeness (QED) is 0.696. The first-order chi connectivity index (χ1) is 14.6. The van der Waals surface area contributed by atoms with Gasteiger partial charge in [-0.15, -0.1) is 0 Å². The van der Waals surface area contributed by atoms with Crippen LogP contribution in [0.2, 0.25) is 0 Å². The molecule has 9 nitrogen and oxygen atoms in total. The number of aliphatic hydroxyl groups is 1. The number of rotatable bonds is 4. The summed E-state index contributed by atoms with van der Waals surface area (Å²) in [6, 6.07) is 6.66. The normalized spacial score (nSPS) is 20.2. The third kappa shape index (κ3) is 3.57. The van der Waals surface area contributed by atoms with Gasteiger partial charge >= 0.3 is 6.01 Å². The summed E-state index contributed by atoms with van der Waals surface area (Å²) in [4.78, 5) is 11.1. The molecule has 0 amide bonds. The Kier molecular flexibility index (Phi) is 5.18. The number of piperazine rings is 1. The zero-order chi connectivity index (χ0) is 20.7. The van der Waals surface area contributed by atoms with Gasteiger partial charge in [0.25, 0.3) is 0 Å². The fourth-order valence-electron chi connectivity index (χ4n) is 4.56. The van der Waals surface area contributed by atoms with Crippen molar-refractivity contribution >= 4 is 16.9 Å². The summed E-state index contributed by atoms with van der Waals surface area (Å²) in [5, 5.41) is 20.5. The highest BCUT2D eigenvalue weighted by molar-refractivity contribution is 5.85. The van der Waals surface area contributed by atoms with E-state index in [1.807, 2.05) is 24.7 Å². The van der Waals surface area contributed by atoms with Gasteiger partial charge in [-0.1, -0.05) is 23.7 Å². The van der Waals surface area contributed by atoms with Crippen molar-refractivity contribution in [3.8, 4) is 11.4 Å². The van der Waals surface area contributed by atoms with Crippen LogP contribution in [0.25, 0.3) is 22.3 Å². The number of aromatic nitrogens is 4. The molecule has 0 bridgehead atoms. The van der Waals surface area contributed by atoms with E-state index in [1.54, 1.807) is 0 Å². The summed E-state index contributed by atoms with van der Waals surface area (Å²) >= 11 is 0. The van der Waals surface area contributed by atoms with E-state index in [0.717, 1.165) is 61.4 Å². The summed E-state index contributed by atoms with van der Waals surface area (Å²) in [5.74, 6) is 0.585. The van der Waals surface area contributed by atoms with Crippen molar-refractivity contribution in [1.29, 1.82) is 0 Å². The number of fused-ring (bicyclic) bond motifs is 1. The molecule has 9 heteroatoms. The van der Waals surface area contributed by atoms with Gasteiger partial charge in [0.05, 0.1) is 11.2 Å². The predicted molar refractivity (Wildman–Crippen MR) is 114 cm³/mol.